The van der Waals surface area contributed by atoms with Crippen LogP contribution in [0.4, 0.5) is 0 Å². The van der Waals surface area contributed by atoms with Crippen LogP contribution in [0.1, 0.15) is 27.7 Å². The third-order valence-corrected chi connectivity index (χ3v) is 2.88. The van der Waals surface area contributed by atoms with Gasteiger partial charge >= 0.3 is 0 Å². The van der Waals surface area contributed by atoms with Gasteiger partial charge in [0.2, 0.25) is 0 Å². The summed E-state index contributed by atoms with van der Waals surface area (Å²) in [5.74, 6) is 0. The number of likely N-dealkylation sites (N-methyl/N-ethyl adjacent to an activating group) is 2. The molecule has 1 rings (SSSR count). The largest absolute Gasteiger partial charge is 0.302 e. The van der Waals surface area contributed by atoms with E-state index >= 15 is 0 Å². The van der Waals surface area contributed by atoms with Crippen LogP contribution in [0.5, 0.6) is 0 Å². The van der Waals surface area contributed by atoms with Crippen LogP contribution in [0.25, 0.3) is 0 Å². The van der Waals surface area contributed by atoms with E-state index in [0.717, 1.165) is 19.6 Å². The number of nitrogens with one attached hydrogen (secondary N) is 1. The summed E-state index contributed by atoms with van der Waals surface area (Å²) in [6, 6.07) is 0. The molecular weight excluding hydrogens is 174 g/mol. The van der Waals surface area contributed by atoms with Crippen LogP contribution in [0, 0.1) is 0 Å². The number of hydrogen-bond acceptors (Lipinski definition) is 3. The molecule has 14 heavy (non-hydrogen) atoms. The van der Waals surface area contributed by atoms with Gasteiger partial charge in [-0.1, -0.05) is 0 Å². The second kappa shape index (κ2) is 3.80. The lowest BCUT2D eigenvalue weighted by Gasteiger charge is -2.49. The average Bonchev–Trinajstić information content (AvgIpc) is 1.93. The average molecular weight is 199 g/mol. The topological polar surface area (TPSA) is 18.5 Å². The minimum absolute atomic E-state index is 0.102. The molecule has 0 aromatic rings. The number of piperazine rings is 1. The third kappa shape index (κ3) is 2.94. The van der Waals surface area contributed by atoms with E-state index in [1.54, 1.807) is 0 Å². The van der Waals surface area contributed by atoms with E-state index in [2.05, 4.69) is 56.9 Å². The highest BCUT2D eigenvalue weighted by molar-refractivity contribution is 4.93. The third-order valence-electron chi connectivity index (χ3n) is 2.88. The molecule has 0 bridgehead atoms. The number of hydrogen-bond donors (Lipinski definition) is 1. The SMILES string of the molecule is CN1CCN(C)C(C)(NC(C)(C)C)C1. The van der Waals surface area contributed by atoms with Crippen LogP contribution in [-0.4, -0.2) is 54.7 Å². The second-order valence-electron chi connectivity index (χ2n) is 5.81. The molecule has 84 valence electrons. The lowest BCUT2D eigenvalue weighted by molar-refractivity contribution is -0.00225. The summed E-state index contributed by atoms with van der Waals surface area (Å²) in [6.07, 6.45) is 0. The monoisotopic (exact) mass is 199 g/mol. The highest BCUT2D eigenvalue weighted by Crippen LogP contribution is 2.19. The Bertz CT molecular complexity index is 197. The first-order valence-electron chi connectivity index (χ1n) is 5.42. The Morgan fingerprint density at radius 2 is 1.71 bits per heavy atom. The van der Waals surface area contributed by atoms with Gasteiger partial charge in [0, 0.05) is 25.2 Å². The van der Waals surface area contributed by atoms with Gasteiger partial charge in [0.15, 0.2) is 0 Å². The summed E-state index contributed by atoms with van der Waals surface area (Å²) >= 11 is 0. The summed E-state index contributed by atoms with van der Waals surface area (Å²) in [7, 11) is 4.39. The van der Waals surface area contributed by atoms with Crippen molar-refractivity contribution in [3.05, 3.63) is 0 Å². The Morgan fingerprint density at radius 3 is 2.21 bits per heavy atom. The summed E-state index contributed by atoms with van der Waals surface area (Å²) < 4.78 is 0. The Balaban J connectivity index is 2.69. The molecule has 0 radical (unpaired) electrons. The predicted molar refractivity (Wildman–Crippen MR) is 61.4 cm³/mol. The molecule has 0 spiro atoms. The molecule has 3 heteroatoms. The Kier molecular flexibility index (Phi) is 3.24. The van der Waals surface area contributed by atoms with Crippen molar-refractivity contribution in [1.82, 2.24) is 15.1 Å². The van der Waals surface area contributed by atoms with Crippen molar-refractivity contribution < 1.29 is 0 Å². The fourth-order valence-electron chi connectivity index (χ4n) is 2.24. The molecule has 0 aromatic heterocycles. The van der Waals surface area contributed by atoms with E-state index in [4.69, 9.17) is 0 Å². The zero-order valence-corrected chi connectivity index (χ0v) is 10.5. The fraction of sp³-hybridized carbons (Fsp3) is 1.00. The van der Waals surface area contributed by atoms with Gasteiger partial charge in [-0.15, -0.1) is 0 Å². The zero-order chi connectivity index (χ0) is 11.0. The van der Waals surface area contributed by atoms with E-state index in [0.29, 0.717) is 0 Å². The number of rotatable bonds is 1. The highest BCUT2D eigenvalue weighted by atomic mass is 15.4. The van der Waals surface area contributed by atoms with Gasteiger partial charge in [-0.3, -0.25) is 10.2 Å². The van der Waals surface area contributed by atoms with Crippen molar-refractivity contribution in [2.45, 2.75) is 38.9 Å². The van der Waals surface area contributed by atoms with Crippen molar-refractivity contribution in [2.75, 3.05) is 33.7 Å². The molecule has 1 saturated heterocycles. The lowest BCUT2D eigenvalue weighted by Crippen LogP contribution is -2.69. The first kappa shape index (κ1) is 12.0. The van der Waals surface area contributed by atoms with Gasteiger partial charge in [-0.05, 0) is 41.8 Å². The van der Waals surface area contributed by atoms with Crippen LogP contribution in [-0.2, 0) is 0 Å². The van der Waals surface area contributed by atoms with Crippen LogP contribution in [0.2, 0.25) is 0 Å². The van der Waals surface area contributed by atoms with Crippen molar-refractivity contribution in [3.8, 4) is 0 Å². The van der Waals surface area contributed by atoms with Gasteiger partial charge in [-0.2, -0.15) is 0 Å². The van der Waals surface area contributed by atoms with Gasteiger partial charge in [-0.25, -0.2) is 0 Å². The maximum absolute atomic E-state index is 3.70. The minimum Gasteiger partial charge on any atom is -0.302 e. The van der Waals surface area contributed by atoms with Crippen LogP contribution in [0.3, 0.4) is 0 Å². The number of nitrogens with zero attached hydrogens (tertiary/aromatic N) is 2. The van der Waals surface area contributed by atoms with Crippen LogP contribution < -0.4 is 5.32 Å². The smallest absolute Gasteiger partial charge is 0.0816 e. The molecule has 1 aliphatic heterocycles. The first-order valence-corrected chi connectivity index (χ1v) is 5.42. The quantitative estimate of drug-likeness (QED) is 0.679. The highest BCUT2D eigenvalue weighted by Gasteiger charge is 2.36. The fourth-order valence-corrected chi connectivity index (χ4v) is 2.24. The standard InChI is InChI=1S/C11H25N3/c1-10(2,3)12-11(4)9-13(5)7-8-14(11)6/h12H,7-9H2,1-6H3. The van der Waals surface area contributed by atoms with E-state index in [1.807, 2.05) is 0 Å². The molecule has 0 amide bonds. The Morgan fingerprint density at radius 1 is 1.14 bits per heavy atom. The van der Waals surface area contributed by atoms with Crippen molar-refractivity contribution in [1.29, 1.82) is 0 Å². The molecule has 1 aliphatic rings. The minimum atomic E-state index is 0.102. The van der Waals surface area contributed by atoms with Crippen LogP contribution >= 0.6 is 0 Å². The van der Waals surface area contributed by atoms with Crippen molar-refractivity contribution in [2.24, 2.45) is 0 Å². The Labute approximate surface area is 88.5 Å². The van der Waals surface area contributed by atoms with Crippen molar-refractivity contribution >= 4 is 0 Å². The second-order valence-corrected chi connectivity index (χ2v) is 5.81. The molecule has 1 unspecified atom stereocenters. The summed E-state index contributed by atoms with van der Waals surface area (Å²) in [5, 5.41) is 3.70. The molecular formula is C11H25N3. The predicted octanol–water partition coefficient (Wildman–Crippen LogP) is 0.968. The first-order chi connectivity index (χ1) is 6.23. The molecule has 1 heterocycles. The van der Waals surface area contributed by atoms with Gasteiger partial charge < -0.3 is 4.90 Å². The van der Waals surface area contributed by atoms with Crippen molar-refractivity contribution in [3.63, 3.8) is 0 Å². The molecule has 3 nitrogen and oxygen atoms in total. The molecule has 0 saturated carbocycles. The lowest BCUT2D eigenvalue weighted by atomic mass is 10.0. The molecule has 1 N–H and O–H groups in total. The molecule has 1 fully saturated rings. The molecule has 0 aliphatic carbocycles. The maximum atomic E-state index is 3.70. The van der Waals surface area contributed by atoms with E-state index in [1.165, 1.54) is 0 Å². The van der Waals surface area contributed by atoms with Gasteiger partial charge in [0.05, 0.1) is 5.66 Å². The Hall–Kier alpha value is -0.120. The maximum Gasteiger partial charge on any atom is 0.0816 e. The molecule has 1 atom stereocenters. The zero-order valence-electron chi connectivity index (χ0n) is 10.5. The normalized spacial score (nSPS) is 32.1. The van der Waals surface area contributed by atoms with Gasteiger partial charge in [0.25, 0.3) is 0 Å². The van der Waals surface area contributed by atoms with E-state index in [-0.39, 0.29) is 11.2 Å². The van der Waals surface area contributed by atoms with Gasteiger partial charge in [0.1, 0.15) is 0 Å². The van der Waals surface area contributed by atoms with E-state index in [9.17, 15) is 0 Å². The van der Waals surface area contributed by atoms with Crippen LogP contribution in [0.15, 0.2) is 0 Å². The summed E-state index contributed by atoms with van der Waals surface area (Å²) in [5.41, 5.74) is 0.270. The summed E-state index contributed by atoms with van der Waals surface area (Å²) in [4.78, 5) is 4.80. The van der Waals surface area contributed by atoms with E-state index < -0.39 is 0 Å². The summed E-state index contributed by atoms with van der Waals surface area (Å²) in [6.45, 7) is 12.3. The molecule has 0 aromatic carbocycles.